The molecule has 1 fully saturated rings. The van der Waals surface area contributed by atoms with Gasteiger partial charge in [-0.1, -0.05) is 6.07 Å². The lowest BCUT2D eigenvalue weighted by atomic mass is 10.4. The highest BCUT2D eigenvalue weighted by molar-refractivity contribution is 7.89. The zero-order valence-corrected chi connectivity index (χ0v) is 14.8. The van der Waals surface area contributed by atoms with E-state index in [-0.39, 0.29) is 30.5 Å². The van der Waals surface area contributed by atoms with E-state index in [0.29, 0.717) is 13.0 Å². The van der Waals surface area contributed by atoms with Gasteiger partial charge < -0.3 is 4.90 Å². The molecule has 3 rings (SSSR count). The van der Waals surface area contributed by atoms with Crippen molar-refractivity contribution in [3.05, 3.63) is 48.0 Å². The molecule has 2 aromatic rings. The molecule has 1 aromatic carbocycles. The molecule has 0 atom stereocenters. The third-order valence-corrected chi connectivity index (χ3v) is 6.00. The van der Waals surface area contributed by atoms with Gasteiger partial charge >= 0.3 is 6.18 Å². The number of aromatic nitrogens is 2. The van der Waals surface area contributed by atoms with Crippen LogP contribution in [0.15, 0.2) is 41.4 Å². The maximum Gasteiger partial charge on any atom is 0.433 e. The minimum atomic E-state index is -4.59. The fourth-order valence-electron chi connectivity index (χ4n) is 2.77. The van der Waals surface area contributed by atoms with E-state index in [9.17, 15) is 26.0 Å². The zero-order chi connectivity index (χ0) is 19.7. The van der Waals surface area contributed by atoms with Gasteiger partial charge in [-0.05, 0) is 30.7 Å². The normalized spacial score (nSPS) is 17.0. The average Bonchev–Trinajstić information content (AvgIpc) is 2.88. The first kappa shape index (κ1) is 19.5. The van der Waals surface area contributed by atoms with Gasteiger partial charge in [0.05, 0.1) is 4.90 Å². The highest BCUT2D eigenvalue weighted by Gasteiger charge is 2.34. The second-order valence-electron chi connectivity index (χ2n) is 5.94. The van der Waals surface area contributed by atoms with Crippen LogP contribution in [0.5, 0.6) is 0 Å². The van der Waals surface area contributed by atoms with Gasteiger partial charge in [-0.15, -0.1) is 0 Å². The second kappa shape index (κ2) is 7.39. The summed E-state index contributed by atoms with van der Waals surface area (Å²) in [5, 5.41) is 0. The maximum absolute atomic E-state index is 13.4. The third kappa shape index (κ3) is 4.35. The van der Waals surface area contributed by atoms with Crippen LogP contribution < -0.4 is 4.90 Å². The Morgan fingerprint density at radius 2 is 1.81 bits per heavy atom. The predicted octanol–water partition coefficient (Wildman–Crippen LogP) is 2.54. The van der Waals surface area contributed by atoms with Crippen LogP contribution >= 0.6 is 0 Å². The molecule has 0 amide bonds. The van der Waals surface area contributed by atoms with Crippen LogP contribution in [0.1, 0.15) is 12.1 Å². The van der Waals surface area contributed by atoms with E-state index in [2.05, 4.69) is 9.97 Å². The summed E-state index contributed by atoms with van der Waals surface area (Å²) in [6.07, 6.45) is -3.19. The van der Waals surface area contributed by atoms with Gasteiger partial charge in [0, 0.05) is 32.4 Å². The summed E-state index contributed by atoms with van der Waals surface area (Å²) in [5.41, 5.74) is -1.05. The highest BCUT2D eigenvalue weighted by Crippen LogP contribution is 2.28. The van der Waals surface area contributed by atoms with Gasteiger partial charge in [0.1, 0.15) is 11.5 Å². The Morgan fingerprint density at radius 1 is 1.04 bits per heavy atom. The Morgan fingerprint density at radius 3 is 2.52 bits per heavy atom. The minimum Gasteiger partial charge on any atom is -0.339 e. The molecular weight excluding hydrogens is 388 g/mol. The summed E-state index contributed by atoms with van der Waals surface area (Å²) in [4.78, 5) is 8.76. The molecule has 1 aromatic heterocycles. The van der Waals surface area contributed by atoms with E-state index in [1.807, 2.05) is 0 Å². The lowest BCUT2D eigenvalue weighted by Gasteiger charge is -2.22. The summed E-state index contributed by atoms with van der Waals surface area (Å²) in [6, 6.07) is 5.48. The molecular formula is C16H16F4N4O2S. The number of hydrogen-bond acceptors (Lipinski definition) is 5. The molecule has 0 radical (unpaired) electrons. The SMILES string of the molecule is O=S(=O)(c1cccc(F)c1)N1CCCN(c2nccc(C(F)(F)F)n2)CC1. The van der Waals surface area contributed by atoms with Crippen LogP contribution in [-0.4, -0.2) is 48.9 Å². The molecule has 1 saturated heterocycles. The molecule has 1 aliphatic heterocycles. The summed E-state index contributed by atoms with van der Waals surface area (Å²) < 4.78 is 78.4. The number of sulfonamides is 1. The number of nitrogens with zero attached hydrogens (tertiary/aromatic N) is 4. The van der Waals surface area contributed by atoms with Gasteiger partial charge in [0.2, 0.25) is 16.0 Å². The highest BCUT2D eigenvalue weighted by atomic mass is 32.2. The van der Waals surface area contributed by atoms with Crippen molar-refractivity contribution in [2.24, 2.45) is 0 Å². The predicted molar refractivity (Wildman–Crippen MR) is 89.0 cm³/mol. The van der Waals surface area contributed by atoms with Crippen molar-refractivity contribution in [2.75, 3.05) is 31.1 Å². The molecule has 146 valence electrons. The van der Waals surface area contributed by atoms with Crippen molar-refractivity contribution in [1.29, 1.82) is 0 Å². The molecule has 0 spiro atoms. The largest absolute Gasteiger partial charge is 0.433 e. The van der Waals surface area contributed by atoms with Crippen molar-refractivity contribution in [1.82, 2.24) is 14.3 Å². The number of hydrogen-bond donors (Lipinski definition) is 0. The third-order valence-electron chi connectivity index (χ3n) is 4.10. The van der Waals surface area contributed by atoms with Crippen LogP contribution in [0.3, 0.4) is 0 Å². The van der Waals surface area contributed by atoms with Gasteiger partial charge in [0.25, 0.3) is 0 Å². The van der Waals surface area contributed by atoms with E-state index in [1.54, 1.807) is 0 Å². The van der Waals surface area contributed by atoms with E-state index in [4.69, 9.17) is 0 Å². The molecule has 0 N–H and O–H groups in total. The van der Waals surface area contributed by atoms with Crippen molar-refractivity contribution in [3.8, 4) is 0 Å². The number of alkyl halides is 3. The first-order valence-corrected chi connectivity index (χ1v) is 9.53. The van der Waals surface area contributed by atoms with Crippen LogP contribution in [0.2, 0.25) is 0 Å². The molecule has 0 bridgehead atoms. The zero-order valence-electron chi connectivity index (χ0n) is 14.0. The van der Waals surface area contributed by atoms with Gasteiger partial charge in [-0.3, -0.25) is 0 Å². The molecule has 27 heavy (non-hydrogen) atoms. The number of halogens is 4. The minimum absolute atomic E-state index is 0.0262. The first-order chi connectivity index (χ1) is 12.7. The smallest absolute Gasteiger partial charge is 0.339 e. The first-order valence-electron chi connectivity index (χ1n) is 8.09. The van der Waals surface area contributed by atoms with E-state index in [0.717, 1.165) is 24.4 Å². The van der Waals surface area contributed by atoms with E-state index in [1.165, 1.54) is 21.3 Å². The van der Waals surface area contributed by atoms with Crippen molar-refractivity contribution in [2.45, 2.75) is 17.5 Å². The van der Waals surface area contributed by atoms with E-state index < -0.39 is 27.7 Å². The number of anilines is 1. The van der Waals surface area contributed by atoms with Crippen LogP contribution in [0, 0.1) is 5.82 Å². The maximum atomic E-state index is 13.4. The monoisotopic (exact) mass is 404 g/mol. The summed E-state index contributed by atoms with van der Waals surface area (Å²) in [7, 11) is -3.90. The van der Waals surface area contributed by atoms with Crippen LogP contribution in [-0.2, 0) is 16.2 Å². The molecule has 0 aliphatic carbocycles. The second-order valence-corrected chi connectivity index (χ2v) is 7.88. The lowest BCUT2D eigenvalue weighted by molar-refractivity contribution is -0.141. The quantitative estimate of drug-likeness (QED) is 0.736. The average molecular weight is 404 g/mol. The topological polar surface area (TPSA) is 66.4 Å². The molecule has 6 nitrogen and oxygen atoms in total. The number of rotatable bonds is 3. The van der Waals surface area contributed by atoms with Crippen LogP contribution in [0.25, 0.3) is 0 Å². The molecule has 2 heterocycles. The Bertz CT molecular complexity index is 921. The van der Waals surface area contributed by atoms with E-state index >= 15 is 0 Å². The Hall–Kier alpha value is -2.27. The van der Waals surface area contributed by atoms with Crippen molar-refractivity contribution in [3.63, 3.8) is 0 Å². The Kier molecular flexibility index (Phi) is 5.33. The Labute approximate surface area is 153 Å². The fourth-order valence-corrected chi connectivity index (χ4v) is 4.27. The van der Waals surface area contributed by atoms with Crippen LogP contribution in [0.4, 0.5) is 23.5 Å². The van der Waals surface area contributed by atoms with Crippen molar-refractivity contribution >= 4 is 16.0 Å². The van der Waals surface area contributed by atoms with Gasteiger partial charge in [-0.2, -0.15) is 17.5 Å². The van der Waals surface area contributed by atoms with Crippen molar-refractivity contribution < 1.29 is 26.0 Å². The summed E-state index contributed by atoms with van der Waals surface area (Å²) in [6.45, 7) is 0.610. The fraction of sp³-hybridized carbons (Fsp3) is 0.375. The standard InChI is InChI=1S/C16H16F4N4O2S/c17-12-3-1-4-13(11-12)27(25,26)24-8-2-7-23(9-10-24)15-21-6-5-14(22-15)16(18,19)20/h1,3-6,11H,2,7-10H2. The molecule has 0 unspecified atom stereocenters. The molecule has 11 heteroatoms. The summed E-state index contributed by atoms with van der Waals surface area (Å²) >= 11 is 0. The molecule has 0 saturated carbocycles. The number of benzene rings is 1. The summed E-state index contributed by atoms with van der Waals surface area (Å²) in [5.74, 6) is -0.764. The van der Waals surface area contributed by atoms with Gasteiger partial charge in [-0.25, -0.2) is 22.8 Å². The Balaban J connectivity index is 1.78. The van der Waals surface area contributed by atoms with Gasteiger partial charge in [0.15, 0.2) is 0 Å². The lowest BCUT2D eigenvalue weighted by Crippen LogP contribution is -2.35. The molecule has 1 aliphatic rings.